The van der Waals surface area contributed by atoms with Crippen molar-refractivity contribution in [1.82, 2.24) is 4.90 Å². The molecule has 0 fully saturated rings. The molecule has 7 heteroatoms. The van der Waals surface area contributed by atoms with Gasteiger partial charge in [0, 0.05) is 19.5 Å². The second-order valence-electron chi connectivity index (χ2n) is 4.18. The van der Waals surface area contributed by atoms with Gasteiger partial charge in [0.15, 0.2) is 0 Å². The number of carbonyl (C=O) groups is 3. The van der Waals surface area contributed by atoms with Gasteiger partial charge in [0.05, 0.1) is 12.4 Å². The van der Waals surface area contributed by atoms with Crippen LogP contribution in [0.1, 0.15) is 33.1 Å². The molecule has 0 radical (unpaired) electrons. The second kappa shape index (κ2) is 11.2. The largest absolute Gasteiger partial charge is 0.549 e. The summed E-state index contributed by atoms with van der Waals surface area (Å²) in [5.74, 6) is -1.94. The zero-order valence-electron chi connectivity index (χ0n) is 12.1. The molecule has 0 amide bonds. The monoisotopic (exact) mass is 288 g/mol. The van der Waals surface area contributed by atoms with Crippen LogP contribution < -0.4 is 5.11 Å². The van der Waals surface area contributed by atoms with Crippen molar-refractivity contribution in [2.45, 2.75) is 33.1 Å². The summed E-state index contributed by atoms with van der Waals surface area (Å²) in [7, 11) is 0. The molecule has 0 aromatic rings. The highest BCUT2D eigenvalue weighted by Crippen LogP contribution is 1.95. The lowest BCUT2D eigenvalue weighted by Gasteiger charge is -2.20. The average Bonchev–Trinajstić information content (AvgIpc) is 2.39. The third-order valence-corrected chi connectivity index (χ3v) is 2.50. The summed E-state index contributed by atoms with van der Waals surface area (Å²) in [4.78, 5) is 34.4. The van der Waals surface area contributed by atoms with E-state index in [1.165, 1.54) is 0 Å². The summed E-state index contributed by atoms with van der Waals surface area (Å²) < 4.78 is 9.68. The van der Waals surface area contributed by atoms with E-state index in [1.807, 2.05) is 6.92 Å². The fraction of sp³-hybridized carbons (Fsp3) is 0.769. The van der Waals surface area contributed by atoms with E-state index in [0.717, 1.165) is 0 Å². The lowest BCUT2D eigenvalue weighted by atomic mass is 10.3. The van der Waals surface area contributed by atoms with Crippen LogP contribution in [0.25, 0.3) is 0 Å². The van der Waals surface area contributed by atoms with Crippen LogP contribution in [0.4, 0.5) is 0 Å². The highest BCUT2D eigenvalue weighted by atomic mass is 16.6. The number of carbonyl (C=O) groups excluding carboxylic acids is 3. The molecule has 0 aromatic heterocycles. The van der Waals surface area contributed by atoms with Crippen LogP contribution in [0.15, 0.2) is 0 Å². The van der Waals surface area contributed by atoms with Gasteiger partial charge in [-0.2, -0.15) is 0 Å². The van der Waals surface area contributed by atoms with Gasteiger partial charge in [-0.15, -0.1) is 0 Å². The first-order chi connectivity index (χ1) is 9.49. The van der Waals surface area contributed by atoms with Crippen molar-refractivity contribution >= 4 is 17.9 Å². The zero-order valence-corrected chi connectivity index (χ0v) is 12.1. The lowest BCUT2D eigenvalue weighted by molar-refractivity contribution is -0.306. The van der Waals surface area contributed by atoms with E-state index < -0.39 is 11.9 Å². The molecule has 20 heavy (non-hydrogen) atoms. The third kappa shape index (κ3) is 10.3. The molecule has 0 atom stereocenters. The number of esters is 2. The Labute approximate surface area is 118 Å². The lowest BCUT2D eigenvalue weighted by Crippen LogP contribution is -2.39. The molecule has 0 aliphatic rings. The van der Waals surface area contributed by atoms with Crippen molar-refractivity contribution in [3.05, 3.63) is 0 Å². The van der Waals surface area contributed by atoms with Crippen molar-refractivity contribution in [2.75, 3.05) is 32.8 Å². The molecule has 0 rings (SSSR count). The number of carboxylic acid groups (broad SMARTS) is 1. The quantitative estimate of drug-likeness (QED) is 0.367. The van der Waals surface area contributed by atoms with E-state index in [9.17, 15) is 19.5 Å². The van der Waals surface area contributed by atoms with Crippen LogP contribution in [0, 0.1) is 0 Å². The maximum absolute atomic E-state index is 11.4. The molecule has 0 saturated heterocycles. The van der Waals surface area contributed by atoms with Crippen LogP contribution in [-0.4, -0.2) is 55.7 Å². The fourth-order valence-corrected chi connectivity index (χ4v) is 1.44. The first-order valence-corrected chi connectivity index (χ1v) is 6.73. The molecule has 0 aliphatic carbocycles. The maximum Gasteiger partial charge on any atom is 0.307 e. The van der Waals surface area contributed by atoms with Gasteiger partial charge in [0.25, 0.3) is 0 Å². The Kier molecular flexibility index (Phi) is 10.3. The standard InChI is InChI=1S/C13H23NO6/c1-3-5-12(17)19-8-9-20-13(18)6-7-14(4-2)10-11(15)16/h3-10H2,1-2H3,(H,15,16)/p-1. The molecule has 0 saturated carbocycles. The summed E-state index contributed by atoms with van der Waals surface area (Å²) in [6, 6.07) is 0. The number of rotatable bonds is 11. The van der Waals surface area contributed by atoms with Crippen LogP contribution in [0.3, 0.4) is 0 Å². The Morgan fingerprint density at radius 1 is 1.00 bits per heavy atom. The number of hydrogen-bond donors (Lipinski definition) is 0. The smallest absolute Gasteiger partial charge is 0.307 e. The van der Waals surface area contributed by atoms with Gasteiger partial charge < -0.3 is 19.4 Å². The second-order valence-corrected chi connectivity index (χ2v) is 4.18. The van der Waals surface area contributed by atoms with Crippen LogP contribution in [0.2, 0.25) is 0 Å². The molecular formula is C13H22NO6-. The minimum absolute atomic E-state index is 0.0148. The Morgan fingerprint density at radius 3 is 2.00 bits per heavy atom. The number of nitrogens with zero attached hydrogens (tertiary/aromatic N) is 1. The molecule has 0 heterocycles. The molecule has 7 nitrogen and oxygen atoms in total. The van der Waals surface area contributed by atoms with Gasteiger partial charge in [-0.25, -0.2) is 0 Å². The Hall–Kier alpha value is -1.63. The van der Waals surface area contributed by atoms with Crippen molar-refractivity contribution in [3.8, 4) is 0 Å². The van der Waals surface area contributed by atoms with Crippen LogP contribution in [0.5, 0.6) is 0 Å². The molecule has 0 unspecified atom stereocenters. The van der Waals surface area contributed by atoms with Crippen molar-refractivity contribution in [2.24, 2.45) is 0 Å². The van der Waals surface area contributed by atoms with E-state index in [4.69, 9.17) is 9.47 Å². The highest BCUT2D eigenvalue weighted by molar-refractivity contribution is 5.70. The number of likely N-dealkylation sites (N-methyl/N-ethyl adjacent to an activating group) is 1. The van der Waals surface area contributed by atoms with Gasteiger partial charge >= 0.3 is 11.9 Å². The normalized spacial score (nSPS) is 10.3. The third-order valence-electron chi connectivity index (χ3n) is 2.50. The Morgan fingerprint density at radius 2 is 1.55 bits per heavy atom. The van der Waals surface area contributed by atoms with E-state index in [1.54, 1.807) is 11.8 Å². The summed E-state index contributed by atoms with van der Waals surface area (Å²) >= 11 is 0. The predicted molar refractivity (Wildman–Crippen MR) is 68.6 cm³/mol. The minimum atomic E-state index is -1.18. The molecule has 0 bridgehead atoms. The average molecular weight is 288 g/mol. The first kappa shape index (κ1) is 18.4. The number of carboxylic acids is 1. The van der Waals surface area contributed by atoms with Crippen molar-refractivity contribution in [1.29, 1.82) is 0 Å². The van der Waals surface area contributed by atoms with E-state index >= 15 is 0 Å². The molecule has 116 valence electrons. The molecule has 0 aliphatic heterocycles. The summed E-state index contributed by atoms with van der Waals surface area (Å²) in [6.45, 7) is 4.31. The summed E-state index contributed by atoms with van der Waals surface area (Å²) in [5, 5.41) is 10.4. The zero-order chi connectivity index (χ0) is 15.4. The number of ether oxygens (including phenoxy) is 2. The fourth-order valence-electron chi connectivity index (χ4n) is 1.44. The van der Waals surface area contributed by atoms with Gasteiger partial charge in [-0.1, -0.05) is 13.8 Å². The topological polar surface area (TPSA) is 96.0 Å². The van der Waals surface area contributed by atoms with Crippen LogP contribution >= 0.6 is 0 Å². The van der Waals surface area contributed by atoms with Gasteiger partial charge in [-0.05, 0) is 13.0 Å². The molecule has 0 aromatic carbocycles. The van der Waals surface area contributed by atoms with Gasteiger partial charge in [0.2, 0.25) is 0 Å². The summed E-state index contributed by atoms with van der Waals surface area (Å²) in [5.41, 5.74) is 0. The Balaban J connectivity index is 3.67. The highest BCUT2D eigenvalue weighted by Gasteiger charge is 2.08. The minimum Gasteiger partial charge on any atom is -0.549 e. The van der Waals surface area contributed by atoms with Crippen molar-refractivity contribution in [3.63, 3.8) is 0 Å². The van der Waals surface area contributed by atoms with Gasteiger partial charge in [-0.3, -0.25) is 14.5 Å². The maximum atomic E-state index is 11.4. The SMILES string of the molecule is CCCC(=O)OCCOC(=O)CCN(CC)CC(=O)[O-]. The van der Waals surface area contributed by atoms with E-state index in [2.05, 4.69) is 0 Å². The number of aliphatic carboxylic acids is 1. The molecular weight excluding hydrogens is 266 g/mol. The molecule has 0 N–H and O–H groups in total. The first-order valence-electron chi connectivity index (χ1n) is 6.73. The summed E-state index contributed by atoms with van der Waals surface area (Å²) in [6.07, 6.45) is 1.15. The predicted octanol–water partition coefficient (Wildman–Crippen LogP) is -0.665. The molecule has 0 spiro atoms. The van der Waals surface area contributed by atoms with E-state index in [0.29, 0.717) is 25.9 Å². The number of hydrogen-bond acceptors (Lipinski definition) is 7. The van der Waals surface area contributed by atoms with E-state index in [-0.39, 0.29) is 32.1 Å². The van der Waals surface area contributed by atoms with Crippen molar-refractivity contribution < 1.29 is 29.0 Å². The van der Waals surface area contributed by atoms with Crippen LogP contribution in [-0.2, 0) is 23.9 Å². The Bertz CT molecular complexity index is 318. The van der Waals surface area contributed by atoms with Gasteiger partial charge in [0.1, 0.15) is 13.2 Å².